The number of carbonyl (C=O) groups is 2. The minimum atomic E-state index is -3.00. The zero-order chi connectivity index (χ0) is 20.3. The first-order valence-electron chi connectivity index (χ1n) is 8.63. The van der Waals surface area contributed by atoms with Gasteiger partial charge in [-0.25, -0.2) is 18.4 Å². The van der Waals surface area contributed by atoms with E-state index in [0.29, 0.717) is 13.2 Å². The predicted octanol–water partition coefficient (Wildman–Crippen LogP) is -0.0622. The summed E-state index contributed by atoms with van der Waals surface area (Å²) in [6.45, 7) is -0.0380. The van der Waals surface area contributed by atoms with Crippen molar-refractivity contribution in [1.82, 2.24) is 34.8 Å². The number of nitrogens with zero attached hydrogens (tertiary/aromatic N) is 6. The van der Waals surface area contributed by atoms with Gasteiger partial charge in [-0.05, 0) is 0 Å². The van der Waals surface area contributed by atoms with Crippen LogP contribution in [0.1, 0.15) is 27.4 Å². The van der Waals surface area contributed by atoms with Gasteiger partial charge in [0.25, 0.3) is 17.7 Å². The molecule has 1 fully saturated rings. The van der Waals surface area contributed by atoms with Crippen molar-refractivity contribution in [2.24, 2.45) is 7.05 Å². The maximum absolute atomic E-state index is 14.0. The number of likely N-dealkylation sites (tertiary alicyclic amines) is 1. The van der Waals surface area contributed by atoms with Crippen molar-refractivity contribution in [3.63, 3.8) is 0 Å². The first-order chi connectivity index (χ1) is 13.3. The van der Waals surface area contributed by atoms with Gasteiger partial charge in [-0.15, -0.1) is 5.10 Å². The van der Waals surface area contributed by atoms with Crippen LogP contribution in [0.2, 0.25) is 0 Å². The number of imidazole rings is 1. The van der Waals surface area contributed by atoms with Crippen LogP contribution in [0.25, 0.3) is 0 Å². The standard InChI is InChI=1S/C16H21F2N7O3/c1-23-7-13(20-10-23)15(27)25-9-16(17,18)5-11(25)6-24-8-12(21-22-24)14(26)19-3-4-28-2/h7-8,10-11H,3-6,9H2,1-2H3,(H,19,26)/t11-/m0/s1. The molecular weight excluding hydrogens is 376 g/mol. The lowest BCUT2D eigenvalue weighted by Crippen LogP contribution is -2.39. The molecule has 12 heteroatoms. The zero-order valence-electron chi connectivity index (χ0n) is 15.5. The Morgan fingerprint density at radius 2 is 2.14 bits per heavy atom. The summed E-state index contributed by atoms with van der Waals surface area (Å²) >= 11 is 0. The fourth-order valence-corrected chi connectivity index (χ4v) is 3.03. The van der Waals surface area contributed by atoms with E-state index in [2.05, 4.69) is 20.6 Å². The highest BCUT2D eigenvalue weighted by Crippen LogP contribution is 2.33. The van der Waals surface area contributed by atoms with Crippen LogP contribution < -0.4 is 5.32 Å². The minimum Gasteiger partial charge on any atom is -0.383 e. The second-order valence-corrected chi connectivity index (χ2v) is 6.65. The second kappa shape index (κ2) is 8.00. The molecule has 10 nitrogen and oxygen atoms in total. The normalized spacial score (nSPS) is 18.4. The van der Waals surface area contributed by atoms with Crippen molar-refractivity contribution in [3.05, 3.63) is 30.1 Å². The van der Waals surface area contributed by atoms with Crippen molar-refractivity contribution < 1.29 is 23.1 Å². The quantitative estimate of drug-likeness (QED) is 0.656. The Labute approximate surface area is 159 Å². The van der Waals surface area contributed by atoms with E-state index in [1.54, 1.807) is 11.6 Å². The van der Waals surface area contributed by atoms with Crippen LogP contribution in [-0.4, -0.2) is 80.0 Å². The van der Waals surface area contributed by atoms with Crippen LogP contribution in [0.5, 0.6) is 0 Å². The first kappa shape index (κ1) is 19.9. The molecule has 1 N–H and O–H groups in total. The van der Waals surface area contributed by atoms with E-state index in [9.17, 15) is 18.4 Å². The smallest absolute Gasteiger partial charge is 0.274 e. The number of alkyl halides is 2. The monoisotopic (exact) mass is 397 g/mol. The van der Waals surface area contributed by atoms with Crippen molar-refractivity contribution in [2.75, 3.05) is 26.8 Å². The number of hydrogen-bond acceptors (Lipinski definition) is 6. The number of aryl methyl sites for hydroxylation is 1. The van der Waals surface area contributed by atoms with Gasteiger partial charge in [0.1, 0.15) is 5.69 Å². The summed E-state index contributed by atoms with van der Waals surface area (Å²) < 4.78 is 35.7. The van der Waals surface area contributed by atoms with Crippen molar-refractivity contribution >= 4 is 11.8 Å². The topological polar surface area (TPSA) is 107 Å². The van der Waals surface area contributed by atoms with Crippen LogP contribution in [0.4, 0.5) is 8.78 Å². The van der Waals surface area contributed by atoms with Gasteiger partial charge >= 0.3 is 0 Å². The maximum atomic E-state index is 14.0. The number of nitrogens with one attached hydrogen (secondary N) is 1. The molecule has 2 amide bonds. The number of aromatic nitrogens is 5. The Hall–Kier alpha value is -2.89. The number of ether oxygens (including phenoxy) is 1. The number of methoxy groups -OCH3 is 1. The van der Waals surface area contributed by atoms with Gasteiger partial charge < -0.3 is 19.5 Å². The van der Waals surface area contributed by atoms with E-state index in [0.717, 1.165) is 4.90 Å². The molecule has 0 bridgehead atoms. The second-order valence-electron chi connectivity index (χ2n) is 6.65. The highest BCUT2D eigenvalue weighted by atomic mass is 19.3. The van der Waals surface area contributed by atoms with Gasteiger partial charge in [0.2, 0.25) is 0 Å². The van der Waals surface area contributed by atoms with Gasteiger partial charge in [0.15, 0.2) is 5.69 Å². The average Bonchev–Trinajstić information content (AvgIpc) is 3.34. The number of amides is 2. The van der Waals surface area contributed by atoms with E-state index >= 15 is 0 Å². The Kier molecular flexibility index (Phi) is 5.68. The van der Waals surface area contributed by atoms with Crippen molar-refractivity contribution in [3.8, 4) is 0 Å². The van der Waals surface area contributed by atoms with Crippen LogP contribution in [0.3, 0.4) is 0 Å². The van der Waals surface area contributed by atoms with E-state index in [4.69, 9.17) is 4.74 Å². The van der Waals surface area contributed by atoms with Gasteiger partial charge in [0.05, 0.1) is 38.3 Å². The first-order valence-corrected chi connectivity index (χ1v) is 8.63. The van der Waals surface area contributed by atoms with Gasteiger partial charge in [0, 0.05) is 33.3 Å². The van der Waals surface area contributed by atoms with E-state index in [1.807, 2.05) is 0 Å². The molecule has 28 heavy (non-hydrogen) atoms. The van der Waals surface area contributed by atoms with Gasteiger partial charge in [-0.2, -0.15) is 0 Å². The zero-order valence-corrected chi connectivity index (χ0v) is 15.5. The molecule has 3 rings (SSSR count). The molecule has 0 radical (unpaired) electrons. The Morgan fingerprint density at radius 3 is 2.82 bits per heavy atom. The molecule has 1 atom stereocenters. The average molecular weight is 397 g/mol. The Balaban J connectivity index is 1.69. The third-order valence-electron chi connectivity index (χ3n) is 4.32. The van der Waals surface area contributed by atoms with Crippen LogP contribution in [-0.2, 0) is 18.3 Å². The number of halogens is 2. The lowest BCUT2D eigenvalue weighted by molar-refractivity contribution is 0.0116. The highest BCUT2D eigenvalue weighted by molar-refractivity contribution is 5.93. The Bertz CT molecular complexity index is 851. The third-order valence-corrected chi connectivity index (χ3v) is 4.32. The molecule has 1 aliphatic rings. The molecule has 1 saturated heterocycles. The largest absolute Gasteiger partial charge is 0.383 e. The summed E-state index contributed by atoms with van der Waals surface area (Å²) in [6.07, 6.45) is 3.78. The Morgan fingerprint density at radius 1 is 1.36 bits per heavy atom. The summed E-state index contributed by atoms with van der Waals surface area (Å²) in [7, 11) is 3.20. The lowest BCUT2D eigenvalue weighted by Gasteiger charge is -2.22. The molecule has 0 aliphatic carbocycles. The summed E-state index contributed by atoms with van der Waals surface area (Å²) in [4.78, 5) is 29.6. The number of rotatable bonds is 7. The van der Waals surface area contributed by atoms with E-state index in [1.165, 1.54) is 30.5 Å². The number of hydrogen-bond donors (Lipinski definition) is 1. The molecule has 0 aromatic carbocycles. The molecule has 152 valence electrons. The molecule has 0 saturated carbocycles. The molecule has 1 aliphatic heterocycles. The summed E-state index contributed by atoms with van der Waals surface area (Å²) in [5.41, 5.74) is 0.158. The molecule has 0 unspecified atom stereocenters. The van der Waals surface area contributed by atoms with Crippen molar-refractivity contribution in [1.29, 1.82) is 0 Å². The van der Waals surface area contributed by atoms with Crippen LogP contribution in [0.15, 0.2) is 18.7 Å². The van der Waals surface area contributed by atoms with E-state index in [-0.39, 0.29) is 17.9 Å². The van der Waals surface area contributed by atoms with Gasteiger partial charge in [-0.1, -0.05) is 5.21 Å². The molecule has 3 heterocycles. The minimum absolute atomic E-state index is 0.00743. The van der Waals surface area contributed by atoms with Crippen LogP contribution in [0, 0.1) is 0 Å². The highest BCUT2D eigenvalue weighted by Gasteiger charge is 2.47. The molecule has 2 aromatic rings. The SMILES string of the molecule is COCCNC(=O)c1cn(C[C@@H]2CC(F)(F)CN2C(=O)c2cn(C)cn2)nn1. The van der Waals surface area contributed by atoms with E-state index < -0.39 is 36.7 Å². The summed E-state index contributed by atoms with van der Waals surface area (Å²) in [5.74, 6) is -4.02. The maximum Gasteiger partial charge on any atom is 0.274 e. The lowest BCUT2D eigenvalue weighted by atomic mass is 10.2. The molecule has 0 spiro atoms. The summed E-state index contributed by atoms with van der Waals surface area (Å²) in [5, 5.41) is 10.2. The number of carbonyl (C=O) groups excluding carboxylic acids is 2. The fourth-order valence-electron chi connectivity index (χ4n) is 3.03. The van der Waals surface area contributed by atoms with Gasteiger partial charge in [-0.3, -0.25) is 9.59 Å². The third kappa shape index (κ3) is 4.50. The summed E-state index contributed by atoms with van der Waals surface area (Å²) in [6, 6.07) is -0.796. The predicted molar refractivity (Wildman–Crippen MR) is 91.8 cm³/mol. The molecule has 2 aromatic heterocycles. The fraction of sp³-hybridized carbons (Fsp3) is 0.562. The van der Waals surface area contributed by atoms with Crippen molar-refractivity contribution in [2.45, 2.75) is 24.9 Å². The molecular formula is C16H21F2N7O3. The van der Waals surface area contributed by atoms with Crippen LogP contribution >= 0.6 is 0 Å².